The molecular formula is C14H20N6O. The van der Waals surface area contributed by atoms with E-state index in [1.54, 1.807) is 29.3 Å². The van der Waals surface area contributed by atoms with Crippen LogP contribution in [0.1, 0.15) is 26.7 Å². The van der Waals surface area contributed by atoms with Crippen molar-refractivity contribution in [2.45, 2.75) is 32.7 Å². The van der Waals surface area contributed by atoms with E-state index in [0.717, 1.165) is 13.0 Å². The summed E-state index contributed by atoms with van der Waals surface area (Å²) < 4.78 is 1.56. The summed E-state index contributed by atoms with van der Waals surface area (Å²) in [5.74, 6) is 0.655. The number of amides is 1. The van der Waals surface area contributed by atoms with E-state index in [4.69, 9.17) is 0 Å². The fourth-order valence-corrected chi connectivity index (χ4v) is 1.79. The number of anilines is 1. The van der Waals surface area contributed by atoms with Crippen LogP contribution in [0.25, 0.3) is 5.82 Å². The van der Waals surface area contributed by atoms with Crippen LogP contribution in [0.15, 0.2) is 31.0 Å². The van der Waals surface area contributed by atoms with E-state index >= 15 is 0 Å². The minimum absolute atomic E-state index is 0.00383. The van der Waals surface area contributed by atoms with Gasteiger partial charge in [0.2, 0.25) is 5.91 Å². The number of nitrogens with one attached hydrogen (secondary N) is 2. The lowest BCUT2D eigenvalue weighted by Crippen LogP contribution is -2.24. The van der Waals surface area contributed by atoms with Crippen molar-refractivity contribution in [3.05, 3.63) is 31.0 Å². The van der Waals surface area contributed by atoms with Crippen LogP contribution in [0, 0.1) is 0 Å². The first-order valence-corrected chi connectivity index (χ1v) is 6.99. The number of rotatable bonds is 7. The highest BCUT2D eigenvalue weighted by molar-refractivity contribution is 5.90. The Morgan fingerprint density at radius 1 is 1.38 bits per heavy atom. The average molecular weight is 288 g/mol. The summed E-state index contributed by atoms with van der Waals surface area (Å²) in [6.45, 7) is 5.01. The van der Waals surface area contributed by atoms with Crippen molar-refractivity contribution in [2.24, 2.45) is 0 Å². The van der Waals surface area contributed by atoms with E-state index < -0.39 is 0 Å². The first-order chi connectivity index (χ1) is 10.1. The van der Waals surface area contributed by atoms with Crippen LogP contribution >= 0.6 is 0 Å². The van der Waals surface area contributed by atoms with Crippen LogP contribution in [-0.4, -0.2) is 38.2 Å². The Labute approximate surface area is 123 Å². The maximum absolute atomic E-state index is 11.8. The molecule has 1 amide bonds. The third kappa shape index (κ3) is 4.96. The van der Waals surface area contributed by atoms with Crippen LogP contribution in [0.5, 0.6) is 0 Å². The number of pyridine rings is 1. The molecule has 0 radical (unpaired) electrons. The van der Waals surface area contributed by atoms with Gasteiger partial charge in [0.25, 0.3) is 0 Å². The summed E-state index contributed by atoms with van der Waals surface area (Å²) in [7, 11) is 0. The molecule has 0 fully saturated rings. The van der Waals surface area contributed by atoms with Gasteiger partial charge in [-0.3, -0.25) is 4.79 Å². The molecule has 0 atom stereocenters. The summed E-state index contributed by atoms with van der Waals surface area (Å²) in [4.78, 5) is 19.9. The molecule has 0 aliphatic heterocycles. The number of carbonyl (C=O) groups is 1. The lowest BCUT2D eigenvalue weighted by molar-refractivity contribution is -0.116. The normalized spacial score (nSPS) is 10.8. The SMILES string of the molecule is CC(C)NCCCC(=O)Nc1ccc(-n2cncn2)nc1. The maximum atomic E-state index is 11.8. The van der Waals surface area contributed by atoms with Crippen molar-refractivity contribution in [1.29, 1.82) is 0 Å². The molecule has 0 spiro atoms. The largest absolute Gasteiger partial charge is 0.325 e. The number of hydrogen-bond donors (Lipinski definition) is 2. The van der Waals surface area contributed by atoms with Crippen LogP contribution in [-0.2, 0) is 4.79 Å². The van der Waals surface area contributed by atoms with E-state index in [1.807, 2.05) is 0 Å². The van der Waals surface area contributed by atoms with E-state index in [1.165, 1.54) is 6.33 Å². The third-order valence-electron chi connectivity index (χ3n) is 2.82. The lowest BCUT2D eigenvalue weighted by Gasteiger charge is -2.08. The highest BCUT2D eigenvalue weighted by atomic mass is 16.1. The van der Waals surface area contributed by atoms with Crippen molar-refractivity contribution in [3.8, 4) is 5.82 Å². The predicted molar refractivity (Wildman–Crippen MR) is 80.2 cm³/mol. The Hall–Kier alpha value is -2.28. The van der Waals surface area contributed by atoms with Gasteiger partial charge < -0.3 is 10.6 Å². The van der Waals surface area contributed by atoms with Gasteiger partial charge >= 0.3 is 0 Å². The second-order valence-corrected chi connectivity index (χ2v) is 5.01. The Morgan fingerprint density at radius 3 is 2.86 bits per heavy atom. The van der Waals surface area contributed by atoms with Crippen molar-refractivity contribution < 1.29 is 4.79 Å². The molecule has 7 heteroatoms. The van der Waals surface area contributed by atoms with Crippen LogP contribution in [0.4, 0.5) is 5.69 Å². The molecule has 0 aliphatic rings. The molecule has 7 nitrogen and oxygen atoms in total. The molecule has 2 N–H and O–H groups in total. The summed E-state index contributed by atoms with van der Waals surface area (Å²) >= 11 is 0. The van der Waals surface area contributed by atoms with Gasteiger partial charge in [0.05, 0.1) is 11.9 Å². The van der Waals surface area contributed by atoms with Gasteiger partial charge in [-0.1, -0.05) is 13.8 Å². The van der Waals surface area contributed by atoms with E-state index in [0.29, 0.717) is 24.0 Å². The molecular weight excluding hydrogens is 268 g/mol. The standard InChI is InChI=1S/C14H20N6O/c1-11(2)16-7-3-4-14(21)19-12-5-6-13(17-8-12)20-10-15-9-18-20/h5-6,8-11,16H,3-4,7H2,1-2H3,(H,19,21). The minimum atomic E-state index is -0.00383. The van der Waals surface area contributed by atoms with Gasteiger partial charge in [0.1, 0.15) is 12.7 Å². The molecule has 0 saturated heterocycles. The van der Waals surface area contributed by atoms with Gasteiger partial charge in [-0.25, -0.2) is 14.6 Å². The highest BCUT2D eigenvalue weighted by Crippen LogP contribution is 2.09. The molecule has 0 unspecified atom stereocenters. The summed E-state index contributed by atoms with van der Waals surface area (Å²) in [5, 5.41) is 10.1. The number of aromatic nitrogens is 4. The first-order valence-electron chi connectivity index (χ1n) is 6.99. The van der Waals surface area contributed by atoms with E-state index in [9.17, 15) is 4.79 Å². The second kappa shape index (κ2) is 7.49. The molecule has 0 aromatic carbocycles. The van der Waals surface area contributed by atoms with Gasteiger partial charge in [-0.2, -0.15) is 5.10 Å². The third-order valence-corrected chi connectivity index (χ3v) is 2.82. The van der Waals surface area contributed by atoms with Gasteiger partial charge in [-0.15, -0.1) is 0 Å². The van der Waals surface area contributed by atoms with Crippen LogP contribution in [0.3, 0.4) is 0 Å². The van der Waals surface area contributed by atoms with Gasteiger partial charge in [0, 0.05) is 12.5 Å². The highest BCUT2D eigenvalue weighted by Gasteiger charge is 2.04. The molecule has 112 valence electrons. The zero-order chi connectivity index (χ0) is 15.1. The quantitative estimate of drug-likeness (QED) is 0.752. The number of nitrogens with zero attached hydrogens (tertiary/aromatic N) is 4. The van der Waals surface area contributed by atoms with Gasteiger partial charge in [-0.05, 0) is 25.1 Å². The number of hydrogen-bond acceptors (Lipinski definition) is 5. The minimum Gasteiger partial charge on any atom is -0.325 e. The zero-order valence-electron chi connectivity index (χ0n) is 12.3. The van der Waals surface area contributed by atoms with Crippen molar-refractivity contribution in [1.82, 2.24) is 25.1 Å². The maximum Gasteiger partial charge on any atom is 0.224 e. The molecule has 0 bridgehead atoms. The summed E-state index contributed by atoms with van der Waals surface area (Å²) in [6.07, 6.45) is 5.94. The molecule has 2 aromatic rings. The molecule has 21 heavy (non-hydrogen) atoms. The smallest absolute Gasteiger partial charge is 0.224 e. The van der Waals surface area contributed by atoms with E-state index in [-0.39, 0.29) is 5.91 Å². The molecule has 2 rings (SSSR count). The Morgan fingerprint density at radius 2 is 2.24 bits per heavy atom. The zero-order valence-corrected chi connectivity index (χ0v) is 12.3. The van der Waals surface area contributed by atoms with Crippen LogP contribution in [0.2, 0.25) is 0 Å². The van der Waals surface area contributed by atoms with Crippen LogP contribution < -0.4 is 10.6 Å². The number of carbonyl (C=O) groups excluding carboxylic acids is 1. The summed E-state index contributed by atoms with van der Waals surface area (Å²) in [6, 6.07) is 4.03. The van der Waals surface area contributed by atoms with E-state index in [2.05, 4.69) is 39.5 Å². The Kier molecular flexibility index (Phi) is 5.39. The predicted octanol–water partition coefficient (Wildman–Crippen LogP) is 1.38. The van der Waals surface area contributed by atoms with Crippen molar-refractivity contribution in [2.75, 3.05) is 11.9 Å². The molecule has 0 saturated carbocycles. The molecule has 2 heterocycles. The fraction of sp³-hybridized carbons (Fsp3) is 0.429. The fourth-order valence-electron chi connectivity index (χ4n) is 1.79. The first kappa shape index (κ1) is 15.1. The average Bonchev–Trinajstić information content (AvgIpc) is 2.98. The van der Waals surface area contributed by atoms with Crippen molar-refractivity contribution >= 4 is 11.6 Å². The van der Waals surface area contributed by atoms with Gasteiger partial charge in [0.15, 0.2) is 5.82 Å². The second-order valence-electron chi connectivity index (χ2n) is 5.01. The topological polar surface area (TPSA) is 84.7 Å². The van der Waals surface area contributed by atoms with Crippen molar-refractivity contribution in [3.63, 3.8) is 0 Å². The Bertz CT molecular complexity index is 549. The molecule has 2 aromatic heterocycles. The lowest BCUT2D eigenvalue weighted by atomic mass is 10.2. The Balaban J connectivity index is 1.79. The monoisotopic (exact) mass is 288 g/mol. The summed E-state index contributed by atoms with van der Waals surface area (Å²) in [5.41, 5.74) is 0.681. The molecule has 0 aliphatic carbocycles.